The van der Waals surface area contributed by atoms with Crippen LogP contribution in [0.15, 0.2) is 42.5 Å². The Labute approximate surface area is 134 Å². The third kappa shape index (κ3) is 3.18. The summed E-state index contributed by atoms with van der Waals surface area (Å²) in [6, 6.07) is 15.3. The van der Waals surface area contributed by atoms with Gasteiger partial charge in [0, 0.05) is 12.1 Å². The van der Waals surface area contributed by atoms with Gasteiger partial charge in [-0.15, -0.1) is 0 Å². The summed E-state index contributed by atoms with van der Waals surface area (Å²) < 4.78 is 10.7. The molecule has 0 spiro atoms. The molecule has 0 saturated heterocycles. The molecule has 0 amide bonds. The Kier molecular flexibility index (Phi) is 4.22. The predicted octanol–water partition coefficient (Wildman–Crippen LogP) is 2.79. The van der Waals surface area contributed by atoms with Crippen molar-refractivity contribution in [2.45, 2.75) is 6.42 Å². The lowest BCUT2D eigenvalue weighted by molar-refractivity contribution is 0.174. The molecule has 2 aromatic carbocycles. The zero-order valence-electron chi connectivity index (χ0n) is 11.8. The Hall–Kier alpha value is -2.58. The van der Waals surface area contributed by atoms with Gasteiger partial charge in [-0.2, -0.15) is 5.26 Å². The summed E-state index contributed by atoms with van der Waals surface area (Å²) in [5.74, 6) is 1.59. The van der Waals surface area contributed by atoms with Gasteiger partial charge in [0.05, 0.1) is 11.6 Å². The molecule has 1 heterocycles. The highest BCUT2D eigenvalue weighted by Gasteiger charge is 2.12. The van der Waals surface area contributed by atoms with Gasteiger partial charge in [0.15, 0.2) is 11.5 Å². The van der Waals surface area contributed by atoms with Crippen molar-refractivity contribution >= 4 is 17.2 Å². The Morgan fingerprint density at radius 3 is 2.91 bits per heavy atom. The van der Waals surface area contributed by atoms with Crippen molar-refractivity contribution in [1.29, 1.82) is 5.26 Å². The normalized spacial score (nSPS) is 11.8. The first-order valence-electron chi connectivity index (χ1n) is 6.93. The lowest BCUT2D eigenvalue weighted by Crippen LogP contribution is -2.24. The van der Waals surface area contributed by atoms with Crippen molar-refractivity contribution in [1.82, 2.24) is 5.32 Å². The number of hydrogen-bond acceptors (Lipinski definition) is 4. The average molecular weight is 310 g/mol. The van der Waals surface area contributed by atoms with Crippen LogP contribution in [0.25, 0.3) is 0 Å². The van der Waals surface area contributed by atoms with E-state index in [1.807, 2.05) is 30.3 Å². The Morgan fingerprint density at radius 2 is 2.05 bits per heavy atom. The van der Waals surface area contributed by atoms with Gasteiger partial charge in [-0.3, -0.25) is 0 Å². The van der Waals surface area contributed by atoms with E-state index in [1.54, 1.807) is 12.1 Å². The second kappa shape index (κ2) is 6.46. The summed E-state index contributed by atoms with van der Waals surface area (Å²) in [6.07, 6.45) is 0.828. The van der Waals surface area contributed by atoms with Crippen molar-refractivity contribution in [2.75, 3.05) is 13.3 Å². The van der Waals surface area contributed by atoms with Crippen LogP contribution >= 0.6 is 12.2 Å². The van der Waals surface area contributed by atoms with Crippen molar-refractivity contribution in [3.63, 3.8) is 0 Å². The first-order chi connectivity index (χ1) is 10.8. The highest BCUT2D eigenvalue weighted by molar-refractivity contribution is 7.80. The van der Waals surface area contributed by atoms with Gasteiger partial charge in [0.1, 0.15) is 4.99 Å². The zero-order valence-corrected chi connectivity index (χ0v) is 12.7. The summed E-state index contributed by atoms with van der Waals surface area (Å²) in [7, 11) is 0. The second-order valence-electron chi connectivity index (χ2n) is 4.89. The van der Waals surface area contributed by atoms with Gasteiger partial charge in [0.25, 0.3) is 0 Å². The standard InChI is InChI=1S/C17H14N2O2S/c18-10-13-2-1-3-14(8-13)17(22)19-7-6-12-4-5-15-16(9-12)21-11-20-15/h1-5,8-9H,6-7,11H2,(H,19,22). The van der Waals surface area contributed by atoms with Crippen LogP contribution in [-0.2, 0) is 6.42 Å². The molecule has 1 aliphatic rings. The summed E-state index contributed by atoms with van der Waals surface area (Å²) in [4.78, 5) is 0.651. The number of hydrogen-bond donors (Lipinski definition) is 1. The number of nitrogens with one attached hydrogen (secondary N) is 1. The molecule has 0 radical (unpaired) electrons. The monoisotopic (exact) mass is 310 g/mol. The third-order valence-electron chi connectivity index (χ3n) is 3.39. The minimum atomic E-state index is 0.288. The first kappa shape index (κ1) is 14.4. The first-order valence-corrected chi connectivity index (χ1v) is 7.34. The predicted molar refractivity (Wildman–Crippen MR) is 87.1 cm³/mol. The summed E-state index contributed by atoms with van der Waals surface area (Å²) in [5, 5.41) is 12.1. The number of rotatable bonds is 4. The van der Waals surface area contributed by atoms with E-state index in [4.69, 9.17) is 27.0 Å². The molecule has 0 atom stereocenters. The lowest BCUT2D eigenvalue weighted by Gasteiger charge is -2.09. The third-order valence-corrected chi connectivity index (χ3v) is 3.77. The van der Waals surface area contributed by atoms with Gasteiger partial charge >= 0.3 is 0 Å². The highest BCUT2D eigenvalue weighted by Crippen LogP contribution is 2.32. The van der Waals surface area contributed by atoms with E-state index in [2.05, 4.69) is 11.4 Å². The summed E-state index contributed by atoms with van der Waals surface area (Å²) in [5.41, 5.74) is 2.63. The van der Waals surface area contributed by atoms with Crippen LogP contribution in [0.5, 0.6) is 11.5 Å². The second-order valence-corrected chi connectivity index (χ2v) is 5.29. The van der Waals surface area contributed by atoms with Crippen molar-refractivity contribution in [2.24, 2.45) is 0 Å². The van der Waals surface area contributed by atoms with E-state index in [1.165, 1.54) is 0 Å². The van der Waals surface area contributed by atoms with Crippen LogP contribution < -0.4 is 14.8 Å². The van der Waals surface area contributed by atoms with E-state index in [9.17, 15) is 0 Å². The van der Waals surface area contributed by atoms with E-state index in [0.717, 1.165) is 35.6 Å². The van der Waals surface area contributed by atoms with E-state index >= 15 is 0 Å². The SMILES string of the molecule is N#Cc1cccc(C(=S)NCCc2ccc3c(c2)OCO3)c1. The van der Waals surface area contributed by atoms with Crippen molar-refractivity contribution in [3.8, 4) is 17.6 Å². The number of fused-ring (bicyclic) bond motifs is 1. The molecule has 5 heteroatoms. The lowest BCUT2D eigenvalue weighted by atomic mass is 10.1. The number of nitrogens with zero attached hydrogens (tertiary/aromatic N) is 1. The fraction of sp³-hybridized carbons (Fsp3) is 0.176. The Bertz CT molecular complexity index is 753. The average Bonchev–Trinajstić information content (AvgIpc) is 3.02. The van der Waals surface area contributed by atoms with Gasteiger partial charge in [-0.1, -0.05) is 30.4 Å². The number of benzene rings is 2. The van der Waals surface area contributed by atoms with Crippen LogP contribution in [0.4, 0.5) is 0 Å². The maximum absolute atomic E-state index is 8.91. The molecule has 0 aliphatic carbocycles. The van der Waals surface area contributed by atoms with E-state index in [-0.39, 0.29) is 6.79 Å². The molecule has 0 aromatic heterocycles. The summed E-state index contributed by atoms with van der Waals surface area (Å²) in [6.45, 7) is 1.01. The van der Waals surface area contributed by atoms with E-state index < -0.39 is 0 Å². The molecule has 3 rings (SSSR count). The fourth-order valence-corrected chi connectivity index (χ4v) is 2.48. The molecular weight excluding hydrogens is 296 g/mol. The van der Waals surface area contributed by atoms with Crippen LogP contribution in [0, 0.1) is 11.3 Å². The number of thiocarbonyl (C=S) groups is 1. The zero-order chi connectivity index (χ0) is 15.4. The molecular formula is C17H14N2O2S. The van der Waals surface area contributed by atoms with Gasteiger partial charge < -0.3 is 14.8 Å². The molecule has 4 nitrogen and oxygen atoms in total. The van der Waals surface area contributed by atoms with Crippen LogP contribution in [-0.4, -0.2) is 18.3 Å². The molecule has 1 N–H and O–H groups in total. The van der Waals surface area contributed by atoms with Crippen LogP contribution in [0.3, 0.4) is 0 Å². The molecule has 2 aromatic rings. The summed E-state index contributed by atoms with van der Waals surface area (Å²) >= 11 is 5.36. The smallest absolute Gasteiger partial charge is 0.231 e. The van der Waals surface area contributed by atoms with Gasteiger partial charge in [-0.05, 0) is 36.2 Å². The topological polar surface area (TPSA) is 54.3 Å². The molecule has 22 heavy (non-hydrogen) atoms. The maximum Gasteiger partial charge on any atom is 0.231 e. The molecule has 1 aliphatic heterocycles. The Balaban J connectivity index is 1.56. The van der Waals surface area contributed by atoms with Gasteiger partial charge in [-0.25, -0.2) is 0 Å². The quantitative estimate of drug-likeness (QED) is 0.880. The number of ether oxygens (including phenoxy) is 2. The molecule has 0 fully saturated rings. The molecule has 0 saturated carbocycles. The minimum absolute atomic E-state index is 0.288. The van der Waals surface area contributed by atoms with Crippen LogP contribution in [0.2, 0.25) is 0 Å². The van der Waals surface area contributed by atoms with Gasteiger partial charge in [0.2, 0.25) is 6.79 Å². The van der Waals surface area contributed by atoms with Crippen molar-refractivity contribution < 1.29 is 9.47 Å². The molecule has 0 bridgehead atoms. The highest BCUT2D eigenvalue weighted by atomic mass is 32.1. The Morgan fingerprint density at radius 1 is 1.18 bits per heavy atom. The maximum atomic E-state index is 8.91. The largest absolute Gasteiger partial charge is 0.454 e. The number of nitriles is 1. The van der Waals surface area contributed by atoms with Crippen LogP contribution in [0.1, 0.15) is 16.7 Å². The van der Waals surface area contributed by atoms with Crippen molar-refractivity contribution in [3.05, 3.63) is 59.2 Å². The molecule has 0 unspecified atom stereocenters. The fourth-order valence-electron chi connectivity index (χ4n) is 2.25. The van der Waals surface area contributed by atoms with E-state index in [0.29, 0.717) is 10.6 Å². The molecule has 110 valence electrons. The minimum Gasteiger partial charge on any atom is -0.454 e.